The van der Waals surface area contributed by atoms with Crippen LogP contribution in [0.4, 0.5) is 0 Å². The molecule has 92 valence electrons. The number of hydrogen-bond donors (Lipinski definition) is 1. The Morgan fingerprint density at radius 2 is 1.56 bits per heavy atom. The summed E-state index contributed by atoms with van der Waals surface area (Å²) in [4.78, 5) is 11.3. The van der Waals surface area contributed by atoms with Crippen LogP contribution in [0.1, 0.15) is 32.3 Å². The lowest BCUT2D eigenvalue weighted by atomic mass is 9.76. The van der Waals surface area contributed by atoms with Crippen molar-refractivity contribution in [1.82, 2.24) is 0 Å². The van der Waals surface area contributed by atoms with Crippen molar-refractivity contribution in [3.05, 3.63) is 35.9 Å². The third-order valence-corrected chi connectivity index (χ3v) is 2.94. The molecule has 16 heavy (non-hydrogen) atoms. The molecule has 0 aliphatic rings. The van der Waals surface area contributed by atoms with E-state index in [2.05, 4.69) is 0 Å². The molecule has 1 rings (SSSR count). The Hall–Kier alpha value is -0.610. The number of aliphatic carboxylic acids is 1. The zero-order valence-corrected chi connectivity index (χ0v) is 11.7. The van der Waals surface area contributed by atoms with Gasteiger partial charge in [-0.15, -0.1) is 0 Å². The summed E-state index contributed by atoms with van der Waals surface area (Å²) in [5, 5.41) is 9.28. The van der Waals surface area contributed by atoms with E-state index in [1.54, 1.807) is 0 Å². The molecule has 0 unspecified atom stereocenters. The van der Waals surface area contributed by atoms with Gasteiger partial charge in [-0.3, -0.25) is 4.79 Å². The van der Waals surface area contributed by atoms with E-state index in [9.17, 15) is 9.90 Å². The summed E-state index contributed by atoms with van der Waals surface area (Å²) in [5.41, 5.74) is 0.193. The predicted octanol–water partition coefficient (Wildman–Crippen LogP) is 3.05. The molecule has 0 atom stereocenters. The molecule has 1 aromatic rings. The topological polar surface area (TPSA) is 37.3 Å². The fourth-order valence-electron chi connectivity index (χ4n) is 1.84. The van der Waals surface area contributed by atoms with Crippen LogP contribution in [0.5, 0.6) is 0 Å². The lowest BCUT2D eigenvalue weighted by Crippen LogP contribution is -2.34. The van der Waals surface area contributed by atoms with E-state index >= 15 is 0 Å². The second kappa shape index (κ2) is 7.63. The second-order valence-corrected chi connectivity index (χ2v) is 3.46. The molecule has 0 aliphatic carbocycles. The maximum Gasteiger partial charge on any atom is 0.314 e. The number of carboxylic acid groups (broad SMARTS) is 1. The molecule has 2 nitrogen and oxygen atoms in total. The first kappa shape index (κ1) is 17.8. The molecule has 0 radical (unpaired) electrons. The third kappa shape index (κ3) is 3.19. The number of rotatable bonds is 4. The first-order chi connectivity index (χ1) is 6.67. The fraction of sp³-hybridized carbons (Fsp3) is 0.417. The summed E-state index contributed by atoms with van der Waals surface area (Å²) < 4.78 is 0. The minimum absolute atomic E-state index is 0. The summed E-state index contributed by atoms with van der Waals surface area (Å²) in [6.45, 7) is 3.84. The van der Waals surface area contributed by atoms with Crippen LogP contribution >= 0.6 is 27.0 Å². The SMILES string of the molecule is CCC(CC)(C(=O)O)c1ccccc1.S.S. The van der Waals surface area contributed by atoms with Gasteiger partial charge in [0.05, 0.1) is 5.41 Å². The van der Waals surface area contributed by atoms with E-state index in [-0.39, 0.29) is 27.0 Å². The molecule has 0 spiro atoms. The highest BCUT2D eigenvalue weighted by atomic mass is 32.1. The minimum atomic E-state index is -0.728. The van der Waals surface area contributed by atoms with Crippen LogP contribution in [0.25, 0.3) is 0 Å². The zero-order valence-electron chi connectivity index (χ0n) is 9.66. The van der Waals surface area contributed by atoms with Crippen LogP contribution in [0.15, 0.2) is 30.3 Å². The highest BCUT2D eigenvalue weighted by Gasteiger charge is 2.36. The molecule has 0 saturated carbocycles. The van der Waals surface area contributed by atoms with E-state index in [4.69, 9.17) is 0 Å². The first-order valence-electron chi connectivity index (χ1n) is 4.96. The van der Waals surface area contributed by atoms with Gasteiger partial charge in [0.25, 0.3) is 0 Å². The Bertz CT molecular complexity index is 308. The third-order valence-electron chi connectivity index (χ3n) is 2.94. The van der Waals surface area contributed by atoms with Gasteiger partial charge in [-0.2, -0.15) is 27.0 Å². The van der Waals surface area contributed by atoms with Crippen LogP contribution in [0, 0.1) is 0 Å². The van der Waals surface area contributed by atoms with Gasteiger partial charge in [0.1, 0.15) is 0 Å². The van der Waals surface area contributed by atoms with Gasteiger partial charge in [0.2, 0.25) is 0 Å². The molecule has 1 N–H and O–H groups in total. The number of carbonyl (C=O) groups is 1. The van der Waals surface area contributed by atoms with E-state index in [0.717, 1.165) is 5.56 Å². The molecular weight excluding hydrogens is 240 g/mol. The highest BCUT2D eigenvalue weighted by Crippen LogP contribution is 2.31. The van der Waals surface area contributed by atoms with Crippen molar-refractivity contribution in [2.75, 3.05) is 0 Å². The van der Waals surface area contributed by atoms with Crippen LogP contribution in [0.3, 0.4) is 0 Å². The number of benzene rings is 1. The van der Waals surface area contributed by atoms with E-state index in [1.165, 1.54) is 0 Å². The Kier molecular flexibility index (Phi) is 8.47. The number of hydrogen-bond acceptors (Lipinski definition) is 1. The van der Waals surface area contributed by atoms with Gasteiger partial charge in [-0.1, -0.05) is 44.2 Å². The molecule has 4 heteroatoms. The predicted molar refractivity (Wildman–Crippen MR) is 77.1 cm³/mol. The molecule has 0 saturated heterocycles. The average molecular weight is 260 g/mol. The Balaban J connectivity index is 0. The van der Waals surface area contributed by atoms with Gasteiger partial charge < -0.3 is 5.11 Å². The van der Waals surface area contributed by atoms with Gasteiger partial charge in [-0.05, 0) is 18.4 Å². The minimum Gasteiger partial charge on any atom is -0.481 e. The van der Waals surface area contributed by atoms with Gasteiger partial charge in [0.15, 0.2) is 0 Å². The Morgan fingerprint density at radius 3 is 1.88 bits per heavy atom. The molecule has 0 heterocycles. The summed E-state index contributed by atoms with van der Waals surface area (Å²) in [6, 6.07) is 9.46. The van der Waals surface area contributed by atoms with Crippen molar-refractivity contribution < 1.29 is 9.90 Å². The van der Waals surface area contributed by atoms with Crippen LogP contribution < -0.4 is 0 Å². The van der Waals surface area contributed by atoms with Crippen molar-refractivity contribution in [3.63, 3.8) is 0 Å². The molecule has 0 fully saturated rings. The molecular formula is C12H20O2S2. The van der Waals surface area contributed by atoms with Crippen molar-refractivity contribution in [2.24, 2.45) is 0 Å². The maximum absolute atomic E-state index is 11.3. The van der Waals surface area contributed by atoms with Gasteiger partial charge in [0, 0.05) is 0 Å². The Morgan fingerprint density at radius 1 is 1.12 bits per heavy atom. The lowest BCUT2D eigenvalue weighted by Gasteiger charge is -2.27. The standard InChI is InChI=1S/C12H16O2.2H2S/c1-3-12(4-2,11(13)14)10-8-6-5-7-9-10;;/h5-9H,3-4H2,1-2H3,(H,13,14);2*1H2. The van der Waals surface area contributed by atoms with Crippen molar-refractivity contribution in [1.29, 1.82) is 0 Å². The summed E-state index contributed by atoms with van der Waals surface area (Å²) in [5.74, 6) is -0.728. The molecule has 0 aromatic heterocycles. The fourth-order valence-corrected chi connectivity index (χ4v) is 1.84. The monoisotopic (exact) mass is 260 g/mol. The summed E-state index contributed by atoms with van der Waals surface area (Å²) >= 11 is 0. The molecule has 0 amide bonds. The molecule has 0 aliphatic heterocycles. The smallest absolute Gasteiger partial charge is 0.314 e. The van der Waals surface area contributed by atoms with Crippen molar-refractivity contribution in [2.45, 2.75) is 32.1 Å². The van der Waals surface area contributed by atoms with Gasteiger partial charge >= 0.3 is 5.97 Å². The summed E-state index contributed by atoms with van der Waals surface area (Å²) in [7, 11) is 0. The zero-order chi connectivity index (χ0) is 10.6. The first-order valence-corrected chi connectivity index (χ1v) is 4.96. The molecule has 0 bridgehead atoms. The number of carboxylic acids is 1. The molecule has 1 aromatic carbocycles. The van der Waals surface area contributed by atoms with Crippen molar-refractivity contribution in [3.8, 4) is 0 Å². The van der Waals surface area contributed by atoms with Crippen LogP contribution in [-0.2, 0) is 10.2 Å². The van der Waals surface area contributed by atoms with E-state index < -0.39 is 11.4 Å². The van der Waals surface area contributed by atoms with Crippen molar-refractivity contribution >= 4 is 33.0 Å². The normalized spacial score (nSPS) is 9.88. The lowest BCUT2D eigenvalue weighted by molar-refractivity contribution is -0.144. The highest BCUT2D eigenvalue weighted by molar-refractivity contribution is 7.59. The maximum atomic E-state index is 11.3. The van der Waals surface area contributed by atoms with Crippen LogP contribution in [0.2, 0.25) is 0 Å². The second-order valence-electron chi connectivity index (χ2n) is 3.46. The van der Waals surface area contributed by atoms with E-state index in [0.29, 0.717) is 12.8 Å². The largest absolute Gasteiger partial charge is 0.481 e. The van der Waals surface area contributed by atoms with Gasteiger partial charge in [-0.25, -0.2) is 0 Å². The van der Waals surface area contributed by atoms with E-state index in [1.807, 2.05) is 44.2 Å². The summed E-state index contributed by atoms with van der Waals surface area (Å²) in [6.07, 6.45) is 1.26. The van der Waals surface area contributed by atoms with Crippen LogP contribution in [-0.4, -0.2) is 11.1 Å². The quantitative estimate of drug-likeness (QED) is 0.903. The Labute approximate surface area is 111 Å². The average Bonchev–Trinajstić information content (AvgIpc) is 2.22.